The molecule has 4 rings (SSSR count). The van der Waals surface area contributed by atoms with E-state index in [9.17, 15) is 9.59 Å². The van der Waals surface area contributed by atoms with Crippen molar-refractivity contribution in [2.24, 2.45) is 0 Å². The number of amides is 1. The van der Waals surface area contributed by atoms with E-state index in [1.54, 1.807) is 60.3 Å². The Labute approximate surface area is 173 Å². The second-order valence-corrected chi connectivity index (χ2v) is 7.19. The van der Waals surface area contributed by atoms with Crippen molar-refractivity contribution in [1.82, 2.24) is 24.4 Å². The van der Waals surface area contributed by atoms with Crippen LogP contribution in [-0.4, -0.2) is 70.2 Å². The van der Waals surface area contributed by atoms with Crippen LogP contribution < -0.4 is 10.5 Å². The minimum atomic E-state index is -0.169. The van der Waals surface area contributed by atoms with Gasteiger partial charge in [0.15, 0.2) is 0 Å². The lowest BCUT2D eigenvalue weighted by molar-refractivity contribution is 0.0745. The summed E-state index contributed by atoms with van der Waals surface area (Å²) in [7, 11) is 1.59. The summed E-state index contributed by atoms with van der Waals surface area (Å²) in [5, 5.41) is 0.443. The van der Waals surface area contributed by atoms with Gasteiger partial charge in [0.05, 0.1) is 28.8 Å². The van der Waals surface area contributed by atoms with Gasteiger partial charge in [0.1, 0.15) is 0 Å². The lowest BCUT2D eigenvalue weighted by Gasteiger charge is -2.34. The maximum atomic E-state index is 13.2. The number of hydrogen-bond acceptors (Lipinski definition) is 7. The Kier molecular flexibility index (Phi) is 5.71. The fraction of sp³-hybridized carbons (Fsp3) is 0.381. The van der Waals surface area contributed by atoms with E-state index in [1.807, 2.05) is 0 Å². The van der Waals surface area contributed by atoms with Crippen molar-refractivity contribution in [2.75, 3.05) is 44.8 Å². The molecule has 3 aromatic rings. The van der Waals surface area contributed by atoms with Gasteiger partial charge in [-0.1, -0.05) is 0 Å². The molecule has 156 valence electrons. The number of pyridine rings is 2. The smallest absolute Gasteiger partial charge is 0.260 e. The van der Waals surface area contributed by atoms with E-state index in [0.29, 0.717) is 67.4 Å². The van der Waals surface area contributed by atoms with E-state index < -0.39 is 0 Å². The number of methoxy groups -OCH3 is 1. The molecular formula is C21H24N6O3. The molecule has 0 spiro atoms. The lowest BCUT2D eigenvalue weighted by atomic mass is 10.1. The molecule has 0 N–H and O–H groups in total. The Morgan fingerprint density at radius 1 is 1.17 bits per heavy atom. The molecule has 0 bridgehead atoms. The monoisotopic (exact) mass is 408 g/mol. The zero-order valence-electron chi connectivity index (χ0n) is 17.1. The number of anilines is 1. The third-order valence-corrected chi connectivity index (χ3v) is 5.31. The molecule has 1 fully saturated rings. The highest BCUT2D eigenvalue weighted by Crippen LogP contribution is 2.18. The topological polar surface area (TPSA) is 93.5 Å². The van der Waals surface area contributed by atoms with Crippen LogP contribution in [0.2, 0.25) is 0 Å². The number of carbonyl (C=O) groups excluding carboxylic acids is 1. The first-order valence-electron chi connectivity index (χ1n) is 9.89. The van der Waals surface area contributed by atoms with Crippen molar-refractivity contribution < 1.29 is 9.53 Å². The molecule has 0 radical (unpaired) electrons. The van der Waals surface area contributed by atoms with Crippen LogP contribution in [0.3, 0.4) is 0 Å². The maximum Gasteiger partial charge on any atom is 0.260 e. The van der Waals surface area contributed by atoms with Gasteiger partial charge in [-0.15, -0.1) is 0 Å². The SMILES string of the molecule is COCCn1ccc2nc(C)c(C(=O)N3CCN(c4ncccn4)CC3)cc2c1=O. The van der Waals surface area contributed by atoms with Gasteiger partial charge in [-0.3, -0.25) is 14.6 Å². The number of carbonyl (C=O) groups is 1. The Balaban J connectivity index is 1.56. The maximum absolute atomic E-state index is 13.2. The van der Waals surface area contributed by atoms with E-state index in [-0.39, 0.29) is 11.5 Å². The fourth-order valence-electron chi connectivity index (χ4n) is 3.62. The van der Waals surface area contributed by atoms with Gasteiger partial charge in [-0.2, -0.15) is 0 Å². The van der Waals surface area contributed by atoms with E-state index in [4.69, 9.17) is 4.74 Å². The van der Waals surface area contributed by atoms with Crippen molar-refractivity contribution in [2.45, 2.75) is 13.5 Å². The summed E-state index contributed by atoms with van der Waals surface area (Å²) in [5.74, 6) is 0.562. The molecule has 0 unspecified atom stereocenters. The quantitative estimate of drug-likeness (QED) is 0.624. The number of hydrogen-bond donors (Lipinski definition) is 0. The molecule has 1 aliphatic heterocycles. The molecule has 1 amide bonds. The first kappa shape index (κ1) is 20.0. The fourth-order valence-corrected chi connectivity index (χ4v) is 3.62. The Bertz CT molecular complexity index is 1110. The number of rotatable bonds is 5. The highest BCUT2D eigenvalue weighted by Gasteiger charge is 2.25. The van der Waals surface area contributed by atoms with Crippen LogP contribution in [0, 0.1) is 6.92 Å². The molecule has 0 saturated carbocycles. The van der Waals surface area contributed by atoms with E-state index in [0.717, 1.165) is 0 Å². The van der Waals surface area contributed by atoms with Crippen molar-refractivity contribution in [1.29, 1.82) is 0 Å². The summed E-state index contributed by atoms with van der Waals surface area (Å²) in [6.07, 6.45) is 5.13. The second kappa shape index (κ2) is 8.58. The van der Waals surface area contributed by atoms with Crippen LogP contribution in [0.5, 0.6) is 0 Å². The molecule has 30 heavy (non-hydrogen) atoms. The normalized spacial score (nSPS) is 14.3. The molecule has 4 heterocycles. The predicted octanol–water partition coefficient (Wildman–Crippen LogP) is 1.10. The van der Waals surface area contributed by atoms with Crippen molar-refractivity contribution in [3.05, 3.63) is 58.4 Å². The summed E-state index contributed by atoms with van der Waals surface area (Å²) in [6.45, 7) is 5.11. The number of nitrogens with zero attached hydrogens (tertiary/aromatic N) is 6. The van der Waals surface area contributed by atoms with E-state index >= 15 is 0 Å². The summed E-state index contributed by atoms with van der Waals surface area (Å²) in [6, 6.07) is 5.26. The summed E-state index contributed by atoms with van der Waals surface area (Å²) < 4.78 is 6.64. The molecule has 9 heteroatoms. The lowest BCUT2D eigenvalue weighted by Crippen LogP contribution is -2.49. The van der Waals surface area contributed by atoms with Gasteiger partial charge >= 0.3 is 0 Å². The first-order chi connectivity index (χ1) is 14.6. The summed E-state index contributed by atoms with van der Waals surface area (Å²) >= 11 is 0. The largest absolute Gasteiger partial charge is 0.383 e. The van der Waals surface area contributed by atoms with Gasteiger partial charge in [-0.25, -0.2) is 9.97 Å². The number of aromatic nitrogens is 4. The third-order valence-electron chi connectivity index (χ3n) is 5.31. The molecule has 3 aromatic heterocycles. The van der Waals surface area contributed by atoms with Crippen LogP contribution in [0.4, 0.5) is 5.95 Å². The second-order valence-electron chi connectivity index (χ2n) is 7.19. The van der Waals surface area contributed by atoms with Crippen LogP contribution in [0.15, 0.2) is 41.6 Å². The van der Waals surface area contributed by atoms with Gasteiger partial charge in [0.25, 0.3) is 11.5 Å². The van der Waals surface area contributed by atoms with Gasteiger partial charge in [-0.05, 0) is 25.1 Å². The number of ether oxygens (including phenoxy) is 1. The molecule has 0 atom stereocenters. The Morgan fingerprint density at radius 2 is 1.90 bits per heavy atom. The first-order valence-corrected chi connectivity index (χ1v) is 9.89. The third kappa shape index (κ3) is 3.88. The van der Waals surface area contributed by atoms with Crippen molar-refractivity contribution in [3.8, 4) is 0 Å². The number of piperazine rings is 1. The molecule has 1 saturated heterocycles. The van der Waals surface area contributed by atoms with Crippen LogP contribution in [0.25, 0.3) is 10.9 Å². The average molecular weight is 408 g/mol. The van der Waals surface area contributed by atoms with Gasteiger partial charge in [0.2, 0.25) is 5.95 Å². The van der Waals surface area contributed by atoms with Crippen molar-refractivity contribution >= 4 is 22.8 Å². The molecule has 1 aliphatic rings. The number of fused-ring (bicyclic) bond motifs is 1. The Hall–Kier alpha value is -3.33. The van der Waals surface area contributed by atoms with E-state index in [2.05, 4.69) is 19.9 Å². The van der Waals surface area contributed by atoms with Crippen LogP contribution >= 0.6 is 0 Å². The summed E-state index contributed by atoms with van der Waals surface area (Å²) in [5.41, 5.74) is 1.51. The number of aryl methyl sites for hydroxylation is 1. The molecule has 9 nitrogen and oxygen atoms in total. The minimum absolute atomic E-state index is 0.109. The highest BCUT2D eigenvalue weighted by molar-refractivity contribution is 5.98. The standard InChI is InChI=1S/C21H24N6O3/c1-15-16(14-17-18(24-15)4-7-25(20(17)29)12-13-30-2)19(28)26-8-10-27(11-9-26)21-22-5-3-6-23-21/h3-7,14H,8-13H2,1-2H3. The van der Waals surface area contributed by atoms with Crippen molar-refractivity contribution in [3.63, 3.8) is 0 Å². The van der Waals surface area contributed by atoms with Crippen LogP contribution in [-0.2, 0) is 11.3 Å². The molecule has 0 aromatic carbocycles. The average Bonchev–Trinajstić information content (AvgIpc) is 2.79. The highest BCUT2D eigenvalue weighted by atomic mass is 16.5. The zero-order chi connectivity index (χ0) is 21.1. The zero-order valence-corrected chi connectivity index (χ0v) is 17.1. The molecular weight excluding hydrogens is 384 g/mol. The summed E-state index contributed by atoms with van der Waals surface area (Å²) in [4.78, 5) is 42.9. The Morgan fingerprint density at radius 3 is 2.60 bits per heavy atom. The molecule has 0 aliphatic carbocycles. The van der Waals surface area contributed by atoms with Gasteiger partial charge < -0.3 is 19.1 Å². The minimum Gasteiger partial charge on any atom is -0.383 e. The van der Waals surface area contributed by atoms with E-state index in [1.165, 1.54) is 0 Å². The van der Waals surface area contributed by atoms with Gasteiger partial charge in [0, 0.05) is 58.4 Å². The van der Waals surface area contributed by atoms with Crippen LogP contribution in [0.1, 0.15) is 16.1 Å². The predicted molar refractivity (Wildman–Crippen MR) is 113 cm³/mol.